The summed E-state index contributed by atoms with van der Waals surface area (Å²) in [7, 11) is -3.34. The Bertz CT molecular complexity index is 957. The van der Waals surface area contributed by atoms with Gasteiger partial charge in [-0.2, -0.15) is 0 Å². The molecule has 1 aromatic carbocycles. The molecule has 33 heavy (non-hydrogen) atoms. The van der Waals surface area contributed by atoms with Crippen LogP contribution in [-0.2, 0) is 19.4 Å². The molecule has 2 aliphatic rings. The van der Waals surface area contributed by atoms with E-state index < -0.39 is 39.1 Å². The third-order valence-corrected chi connectivity index (χ3v) is 7.73. The van der Waals surface area contributed by atoms with E-state index in [1.165, 1.54) is 12.1 Å². The first kappa shape index (κ1) is 25.2. The Morgan fingerprint density at radius 1 is 0.970 bits per heavy atom. The van der Waals surface area contributed by atoms with Gasteiger partial charge in [0, 0.05) is 31.6 Å². The normalized spacial score (nSPS) is 21.0. The van der Waals surface area contributed by atoms with Crippen molar-refractivity contribution in [2.75, 3.05) is 30.8 Å². The van der Waals surface area contributed by atoms with Gasteiger partial charge in [0.05, 0.1) is 10.9 Å². The van der Waals surface area contributed by atoms with Crippen LogP contribution < -0.4 is 20.9 Å². The van der Waals surface area contributed by atoms with E-state index in [0.29, 0.717) is 32.5 Å². The number of benzene rings is 1. The van der Waals surface area contributed by atoms with Gasteiger partial charge in [0.25, 0.3) is 0 Å². The number of urea groups is 1. The van der Waals surface area contributed by atoms with Crippen molar-refractivity contribution < 1.29 is 22.8 Å². The first-order valence-electron chi connectivity index (χ1n) is 11.6. The predicted molar refractivity (Wildman–Crippen MR) is 126 cm³/mol. The van der Waals surface area contributed by atoms with E-state index in [9.17, 15) is 22.8 Å². The van der Waals surface area contributed by atoms with Crippen LogP contribution in [0.4, 0.5) is 10.5 Å². The van der Waals surface area contributed by atoms with Gasteiger partial charge in [-0.05, 0) is 30.7 Å². The first-order valence-corrected chi connectivity index (χ1v) is 13.5. The molecule has 9 nitrogen and oxygen atoms in total. The number of piperazine rings is 1. The van der Waals surface area contributed by atoms with Crippen molar-refractivity contribution in [3.8, 4) is 0 Å². The van der Waals surface area contributed by atoms with E-state index in [4.69, 9.17) is 0 Å². The Balaban J connectivity index is 1.90. The number of anilines is 1. The lowest BCUT2D eigenvalue weighted by molar-refractivity contribution is -0.147. The van der Waals surface area contributed by atoms with Crippen LogP contribution in [0.5, 0.6) is 0 Å². The number of carbonyl (C=O) groups excluding carboxylic acids is 3. The molecule has 0 spiro atoms. The van der Waals surface area contributed by atoms with E-state index in [1.54, 1.807) is 12.1 Å². The van der Waals surface area contributed by atoms with E-state index in [0.717, 1.165) is 44.0 Å². The molecule has 2 heterocycles. The maximum atomic E-state index is 13.2. The van der Waals surface area contributed by atoms with Gasteiger partial charge < -0.3 is 10.2 Å². The van der Waals surface area contributed by atoms with Crippen LogP contribution in [0.2, 0.25) is 0 Å². The topological polar surface area (TPSA) is 125 Å². The highest BCUT2D eigenvalue weighted by molar-refractivity contribution is 7.90. The molecular weight excluding hydrogens is 444 g/mol. The summed E-state index contributed by atoms with van der Waals surface area (Å²) < 4.78 is 23.7. The van der Waals surface area contributed by atoms with Gasteiger partial charge in [-0.15, -0.1) is 0 Å². The maximum absolute atomic E-state index is 13.2. The van der Waals surface area contributed by atoms with Gasteiger partial charge in [-0.1, -0.05) is 45.4 Å². The SMILES string of the molecule is CCCCCCCCC1(C2CNCCN2c2ccc(S(C)(=O)=O)cc2)C(=O)NC(=O)NC1=O. The summed E-state index contributed by atoms with van der Waals surface area (Å²) in [6.45, 7) is 3.73. The van der Waals surface area contributed by atoms with Crippen molar-refractivity contribution in [1.29, 1.82) is 0 Å². The van der Waals surface area contributed by atoms with Gasteiger partial charge in [-0.25, -0.2) is 13.2 Å². The zero-order valence-electron chi connectivity index (χ0n) is 19.4. The number of barbiturate groups is 1. The van der Waals surface area contributed by atoms with E-state index >= 15 is 0 Å². The molecule has 4 amide bonds. The molecule has 1 unspecified atom stereocenters. The smallest absolute Gasteiger partial charge is 0.328 e. The highest BCUT2D eigenvalue weighted by Gasteiger charge is 2.57. The van der Waals surface area contributed by atoms with Crippen LogP contribution in [0.15, 0.2) is 29.2 Å². The summed E-state index contributed by atoms with van der Waals surface area (Å²) >= 11 is 0. The third-order valence-electron chi connectivity index (χ3n) is 6.60. The standard InChI is InChI=1S/C23H34N4O5S/c1-3-4-5-6-7-8-13-23(20(28)25-22(30)26-21(23)29)19-16-24-14-15-27(19)17-9-11-18(12-10-17)33(2,31)32/h9-12,19,24H,3-8,13-16H2,1-2H3,(H2,25,26,28,29,30). The average Bonchev–Trinajstić information content (AvgIpc) is 2.77. The lowest BCUT2D eigenvalue weighted by Gasteiger charge is -2.48. The average molecular weight is 479 g/mol. The number of amides is 4. The second-order valence-electron chi connectivity index (χ2n) is 8.91. The fourth-order valence-electron chi connectivity index (χ4n) is 4.78. The van der Waals surface area contributed by atoms with Crippen molar-refractivity contribution in [1.82, 2.24) is 16.0 Å². The predicted octanol–water partition coefficient (Wildman–Crippen LogP) is 1.97. The van der Waals surface area contributed by atoms with E-state index in [1.807, 2.05) is 4.90 Å². The Hall–Kier alpha value is -2.46. The van der Waals surface area contributed by atoms with Crippen LogP contribution in [0, 0.1) is 5.41 Å². The minimum Gasteiger partial charge on any atom is -0.364 e. The molecule has 0 radical (unpaired) electrons. The number of nitrogens with zero attached hydrogens (tertiary/aromatic N) is 1. The van der Waals surface area contributed by atoms with Gasteiger partial charge in [0.2, 0.25) is 11.8 Å². The van der Waals surface area contributed by atoms with Crippen molar-refractivity contribution in [2.24, 2.45) is 5.41 Å². The number of carbonyl (C=O) groups is 3. The van der Waals surface area contributed by atoms with Crippen molar-refractivity contribution >= 4 is 33.4 Å². The van der Waals surface area contributed by atoms with Gasteiger partial charge in [0.1, 0.15) is 5.41 Å². The van der Waals surface area contributed by atoms with Gasteiger partial charge in [-0.3, -0.25) is 20.2 Å². The maximum Gasteiger partial charge on any atom is 0.328 e. The second kappa shape index (κ2) is 10.6. The monoisotopic (exact) mass is 478 g/mol. The Morgan fingerprint density at radius 3 is 2.18 bits per heavy atom. The summed E-state index contributed by atoms with van der Waals surface area (Å²) in [4.78, 5) is 40.5. The number of rotatable bonds is 10. The first-order chi connectivity index (χ1) is 15.7. The molecule has 182 valence electrons. The lowest BCUT2D eigenvalue weighted by Crippen LogP contribution is -2.72. The van der Waals surface area contributed by atoms with Crippen LogP contribution in [0.3, 0.4) is 0 Å². The summed E-state index contributed by atoms with van der Waals surface area (Å²) in [5.41, 5.74) is -0.699. The summed E-state index contributed by atoms with van der Waals surface area (Å²) in [5.74, 6) is -1.15. The molecule has 3 N–H and O–H groups in total. The molecule has 3 rings (SSSR count). The number of nitrogens with one attached hydrogen (secondary N) is 3. The highest BCUT2D eigenvalue weighted by Crippen LogP contribution is 2.38. The number of imide groups is 2. The van der Waals surface area contributed by atoms with Crippen LogP contribution >= 0.6 is 0 Å². The van der Waals surface area contributed by atoms with Crippen LogP contribution in [0.1, 0.15) is 51.9 Å². The van der Waals surface area contributed by atoms with Crippen LogP contribution in [-0.4, -0.2) is 58.2 Å². The molecule has 0 saturated carbocycles. The summed E-state index contributed by atoms with van der Waals surface area (Å²) in [5, 5.41) is 7.91. The van der Waals surface area contributed by atoms with Crippen molar-refractivity contribution in [3.05, 3.63) is 24.3 Å². The molecule has 2 fully saturated rings. The Morgan fingerprint density at radius 2 is 1.58 bits per heavy atom. The minimum atomic E-state index is -3.34. The van der Waals surface area contributed by atoms with Crippen molar-refractivity contribution in [3.63, 3.8) is 0 Å². The molecule has 2 aliphatic heterocycles. The summed E-state index contributed by atoms with van der Waals surface area (Å²) in [6.07, 6.45) is 7.51. The fourth-order valence-corrected chi connectivity index (χ4v) is 5.41. The van der Waals surface area contributed by atoms with E-state index in [-0.39, 0.29) is 4.90 Å². The third kappa shape index (κ3) is 5.55. The number of hydrogen-bond acceptors (Lipinski definition) is 7. The van der Waals surface area contributed by atoms with Crippen molar-refractivity contribution in [2.45, 2.75) is 62.8 Å². The largest absolute Gasteiger partial charge is 0.364 e. The molecule has 2 saturated heterocycles. The zero-order chi connectivity index (χ0) is 24.1. The quantitative estimate of drug-likeness (QED) is 0.347. The molecule has 10 heteroatoms. The van der Waals surface area contributed by atoms with Crippen LogP contribution in [0.25, 0.3) is 0 Å². The van der Waals surface area contributed by atoms with Gasteiger partial charge >= 0.3 is 6.03 Å². The van der Waals surface area contributed by atoms with E-state index in [2.05, 4.69) is 22.9 Å². The molecule has 0 aromatic heterocycles. The van der Waals surface area contributed by atoms with Gasteiger partial charge in [0.15, 0.2) is 9.84 Å². The minimum absolute atomic E-state index is 0.207. The molecule has 0 aliphatic carbocycles. The molecular formula is C23H34N4O5S. The lowest BCUT2D eigenvalue weighted by atomic mass is 9.71. The Kier molecular flexibility index (Phi) is 8.12. The molecule has 0 bridgehead atoms. The molecule has 1 atom stereocenters. The molecule has 1 aromatic rings. The number of unbranched alkanes of at least 4 members (excludes halogenated alkanes) is 5. The second-order valence-corrected chi connectivity index (χ2v) is 10.9. The number of sulfone groups is 1. The summed E-state index contributed by atoms with van der Waals surface area (Å²) in [6, 6.07) is 5.16. The number of hydrogen-bond donors (Lipinski definition) is 3. The highest BCUT2D eigenvalue weighted by atomic mass is 32.2. The Labute approximate surface area is 195 Å². The zero-order valence-corrected chi connectivity index (χ0v) is 20.2. The fraction of sp³-hybridized carbons (Fsp3) is 0.609.